The summed E-state index contributed by atoms with van der Waals surface area (Å²) in [5.74, 6) is 3.34. The summed E-state index contributed by atoms with van der Waals surface area (Å²) in [7, 11) is 3.91. The lowest BCUT2D eigenvalue weighted by molar-refractivity contribution is 0.651. The molecule has 1 atom stereocenters. The van der Waals surface area contributed by atoms with Gasteiger partial charge in [0.25, 0.3) is 0 Å². The SMILES string of the molecule is CNc1nc(N2CCCC2)nc(N(C)C(C)CCSC)n1. The van der Waals surface area contributed by atoms with E-state index in [1.54, 1.807) is 0 Å². The first-order chi connectivity index (χ1) is 10.2. The Morgan fingerprint density at radius 1 is 1.29 bits per heavy atom. The van der Waals surface area contributed by atoms with Gasteiger partial charge in [-0.3, -0.25) is 0 Å². The Morgan fingerprint density at radius 2 is 2.00 bits per heavy atom. The van der Waals surface area contributed by atoms with E-state index in [0.29, 0.717) is 12.0 Å². The summed E-state index contributed by atoms with van der Waals surface area (Å²) < 4.78 is 0. The van der Waals surface area contributed by atoms with Crippen LogP contribution in [-0.4, -0.2) is 60.2 Å². The number of hydrogen-bond donors (Lipinski definition) is 1. The summed E-state index contributed by atoms with van der Waals surface area (Å²) in [6, 6.07) is 0.413. The molecule has 0 radical (unpaired) electrons. The first kappa shape index (κ1) is 16.1. The largest absolute Gasteiger partial charge is 0.357 e. The second-order valence-electron chi connectivity index (χ2n) is 5.44. The maximum Gasteiger partial charge on any atom is 0.231 e. The Morgan fingerprint density at radius 3 is 2.62 bits per heavy atom. The first-order valence-electron chi connectivity index (χ1n) is 7.56. The van der Waals surface area contributed by atoms with Crippen molar-refractivity contribution in [1.82, 2.24) is 15.0 Å². The fraction of sp³-hybridized carbons (Fsp3) is 0.786. The molecule has 2 rings (SSSR count). The van der Waals surface area contributed by atoms with Crippen molar-refractivity contribution in [3.8, 4) is 0 Å². The van der Waals surface area contributed by atoms with Crippen molar-refractivity contribution in [2.24, 2.45) is 0 Å². The number of hydrogen-bond acceptors (Lipinski definition) is 7. The van der Waals surface area contributed by atoms with Gasteiger partial charge in [0, 0.05) is 33.2 Å². The van der Waals surface area contributed by atoms with Gasteiger partial charge in [0.1, 0.15) is 0 Å². The zero-order valence-electron chi connectivity index (χ0n) is 13.5. The Kier molecular flexibility index (Phi) is 5.90. The van der Waals surface area contributed by atoms with E-state index in [9.17, 15) is 0 Å². The molecule has 0 aromatic carbocycles. The number of thioether (sulfide) groups is 1. The summed E-state index contributed by atoms with van der Waals surface area (Å²) in [5, 5.41) is 3.05. The number of nitrogens with zero attached hydrogens (tertiary/aromatic N) is 5. The minimum absolute atomic E-state index is 0.413. The molecule has 0 aliphatic carbocycles. The monoisotopic (exact) mass is 310 g/mol. The molecule has 0 amide bonds. The molecule has 118 valence electrons. The van der Waals surface area contributed by atoms with Crippen LogP contribution in [0.15, 0.2) is 0 Å². The summed E-state index contributed by atoms with van der Waals surface area (Å²) in [5.41, 5.74) is 0. The molecule has 1 saturated heterocycles. The van der Waals surface area contributed by atoms with E-state index < -0.39 is 0 Å². The lowest BCUT2D eigenvalue weighted by Crippen LogP contribution is -2.32. The molecule has 0 spiro atoms. The van der Waals surface area contributed by atoms with E-state index in [1.165, 1.54) is 12.8 Å². The van der Waals surface area contributed by atoms with Crippen LogP contribution >= 0.6 is 11.8 Å². The maximum absolute atomic E-state index is 4.68. The molecule has 1 fully saturated rings. The van der Waals surface area contributed by atoms with E-state index in [1.807, 2.05) is 18.8 Å². The topological polar surface area (TPSA) is 57.2 Å². The lowest BCUT2D eigenvalue weighted by Gasteiger charge is -2.26. The molecule has 0 bridgehead atoms. The summed E-state index contributed by atoms with van der Waals surface area (Å²) in [6.45, 7) is 4.30. The normalized spacial score (nSPS) is 16.1. The van der Waals surface area contributed by atoms with Crippen LogP contribution < -0.4 is 15.1 Å². The van der Waals surface area contributed by atoms with Crippen molar-refractivity contribution < 1.29 is 0 Å². The zero-order valence-corrected chi connectivity index (χ0v) is 14.3. The van der Waals surface area contributed by atoms with Gasteiger partial charge < -0.3 is 15.1 Å². The van der Waals surface area contributed by atoms with Crippen molar-refractivity contribution in [1.29, 1.82) is 0 Å². The molecule has 2 heterocycles. The molecule has 0 saturated carbocycles. The Balaban J connectivity index is 2.19. The van der Waals surface area contributed by atoms with E-state index in [-0.39, 0.29) is 0 Å². The number of anilines is 3. The average molecular weight is 310 g/mol. The third-order valence-electron chi connectivity index (χ3n) is 3.94. The number of aromatic nitrogens is 3. The molecule has 21 heavy (non-hydrogen) atoms. The average Bonchev–Trinajstić information content (AvgIpc) is 3.05. The van der Waals surface area contributed by atoms with Gasteiger partial charge in [0.05, 0.1) is 0 Å². The van der Waals surface area contributed by atoms with Gasteiger partial charge in [0.15, 0.2) is 0 Å². The van der Waals surface area contributed by atoms with Gasteiger partial charge in [0.2, 0.25) is 17.8 Å². The number of rotatable bonds is 7. The quantitative estimate of drug-likeness (QED) is 0.827. The molecular weight excluding hydrogens is 284 g/mol. The lowest BCUT2D eigenvalue weighted by atomic mass is 10.2. The van der Waals surface area contributed by atoms with Gasteiger partial charge in [-0.1, -0.05) is 0 Å². The van der Waals surface area contributed by atoms with Crippen LogP contribution in [0, 0.1) is 0 Å². The minimum Gasteiger partial charge on any atom is -0.357 e. The zero-order chi connectivity index (χ0) is 15.2. The second kappa shape index (κ2) is 7.68. The highest BCUT2D eigenvalue weighted by Gasteiger charge is 2.20. The fourth-order valence-electron chi connectivity index (χ4n) is 2.36. The van der Waals surface area contributed by atoms with E-state index in [0.717, 1.165) is 37.2 Å². The van der Waals surface area contributed by atoms with Crippen molar-refractivity contribution >= 4 is 29.6 Å². The predicted molar refractivity (Wildman–Crippen MR) is 91.7 cm³/mol. The standard InChI is InChI=1S/C14H26N6S/c1-11(7-10-21-4)19(3)13-16-12(15-2)17-14(18-13)20-8-5-6-9-20/h11H,5-10H2,1-4H3,(H,15,16,17,18). The molecule has 1 aromatic rings. The fourth-order valence-corrected chi connectivity index (χ4v) is 2.94. The predicted octanol–water partition coefficient (Wildman–Crippen LogP) is 2.09. The smallest absolute Gasteiger partial charge is 0.231 e. The highest BCUT2D eigenvalue weighted by molar-refractivity contribution is 7.98. The minimum atomic E-state index is 0.413. The third-order valence-corrected chi connectivity index (χ3v) is 4.58. The summed E-state index contributed by atoms with van der Waals surface area (Å²) >= 11 is 1.87. The van der Waals surface area contributed by atoms with E-state index in [4.69, 9.17) is 0 Å². The Bertz CT molecular complexity index is 449. The van der Waals surface area contributed by atoms with Crippen molar-refractivity contribution in [2.75, 3.05) is 54.3 Å². The van der Waals surface area contributed by atoms with E-state index >= 15 is 0 Å². The van der Waals surface area contributed by atoms with Crippen LogP contribution in [0.2, 0.25) is 0 Å². The molecule has 7 heteroatoms. The highest BCUT2D eigenvalue weighted by atomic mass is 32.2. The molecule has 1 N–H and O–H groups in total. The van der Waals surface area contributed by atoms with Crippen LogP contribution in [-0.2, 0) is 0 Å². The molecule has 1 aliphatic heterocycles. The van der Waals surface area contributed by atoms with Crippen LogP contribution in [0.1, 0.15) is 26.2 Å². The molecule has 1 aromatic heterocycles. The van der Waals surface area contributed by atoms with Crippen LogP contribution in [0.4, 0.5) is 17.8 Å². The van der Waals surface area contributed by atoms with Gasteiger partial charge >= 0.3 is 0 Å². The van der Waals surface area contributed by atoms with E-state index in [2.05, 4.69) is 50.3 Å². The van der Waals surface area contributed by atoms with Gasteiger partial charge in [-0.2, -0.15) is 26.7 Å². The molecular formula is C14H26N6S. The third kappa shape index (κ3) is 4.12. The molecule has 1 unspecified atom stereocenters. The maximum atomic E-state index is 4.68. The van der Waals surface area contributed by atoms with Gasteiger partial charge in [-0.05, 0) is 38.2 Å². The highest BCUT2D eigenvalue weighted by Crippen LogP contribution is 2.21. The Labute approximate surface area is 131 Å². The van der Waals surface area contributed by atoms with Gasteiger partial charge in [-0.15, -0.1) is 0 Å². The van der Waals surface area contributed by atoms with Crippen LogP contribution in [0.3, 0.4) is 0 Å². The van der Waals surface area contributed by atoms with Crippen molar-refractivity contribution in [3.63, 3.8) is 0 Å². The second-order valence-corrected chi connectivity index (χ2v) is 6.43. The molecule has 6 nitrogen and oxygen atoms in total. The first-order valence-corrected chi connectivity index (χ1v) is 8.95. The van der Waals surface area contributed by atoms with Crippen molar-refractivity contribution in [3.05, 3.63) is 0 Å². The Hall–Kier alpha value is -1.24. The number of nitrogens with one attached hydrogen (secondary N) is 1. The molecule has 1 aliphatic rings. The van der Waals surface area contributed by atoms with Gasteiger partial charge in [-0.25, -0.2) is 0 Å². The van der Waals surface area contributed by atoms with Crippen LogP contribution in [0.5, 0.6) is 0 Å². The summed E-state index contributed by atoms with van der Waals surface area (Å²) in [4.78, 5) is 18.1. The van der Waals surface area contributed by atoms with Crippen LogP contribution in [0.25, 0.3) is 0 Å². The van der Waals surface area contributed by atoms with Crippen molar-refractivity contribution in [2.45, 2.75) is 32.2 Å². The summed E-state index contributed by atoms with van der Waals surface area (Å²) in [6.07, 6.45) is 5.70.